The SMILES string of the molecule is FC(F)(F)c1ccc(CC2=CC3CCCC(C2)N3)cc1. The number of halogens is 3. The van der Waals surface area contributed by atoms with E-state index < -0.39 is 11.7 Å². The zero-order valence-electron chi connectivity index (χ0n) is 11.2. The largest absolute Gasteiger partial charge is 0.416 e. The summed E-state index contributed by atoms with van der Waals surface area (Å²) in [6, 6.07) is 6.58. The lowest BCUT2D eigenvalue weighted by atomic mass is 9.85. The highest BCUT2D eigenvalue weighted by atomic mass is 19.4. The van der Waals surface area contributed by atoms with Crippen LogP contribution in [0.2, 0.25) is 0 Å². The second-order valence-corrected chi connectivity index (χ2v) is 5.80. The van der Waals surface area contributed by atoms with E-state index in [1.165, 1.54) is 37.0 Å². The number of piperidine rings is 1. The highest BCUT2D eigenvalue weighted by Crippen LogP contribution is 2.30. The van der Waals surface area contributed by atoms with E-state index in [4.69, 9.17) is 0 Å². The van der Waals surface area contributed by atoms with Crippen molar-refractivity contribution in [3.05, 3.63) is 47.0 Å². The van der Waals surface area contributed by atoms with Crippen molar-refractivity contribution >= 4 is 0 Å². The fourth-order valence-corrected chi connectivity index (χ4v) is 3.22. The van der Waals surface area contributed by atoms with Crippen LogP contribution in [0.4, 0.5) is 13.2 Å². The van der Waals surface area contributed by atoms with Gasteiger partial charge in [0.2, 0.25) is 0 Å². The molecule has 2 aliphatic heterocycles. The molecule has 0 saturated carbocycles. The summed E-state index contributed by atoms with van der Waals surface area (Å²) in [5, 5.41) is 3.57. The van der Waals surface area contributed by atoms with Crippen molar-refractivity contribution < 1.29 is 13.2 Å². The van der Waals surface area contributed by atoms with Crippen molar-refractivity contribution in [2.45, 2.75) is 50.4 Å². The van der Waals surface area contributed by atoms with Crippen LogP contribution >= 0.6 is 0 Å². The van der Waals surface area contributed by atoms with Crippen LogP contribution in [0.5, 0.6) is 0 Å². The maximum Gasteiger partial charge on any atom is 0.416 e. The zero-order chi connectivity index (χ0) is 14.2. The molecule has 2 unspecified atom stereocenters. The van der Waals surface area contributed by atoms with E-state index in [0.717, 1.165) is 18.4 Å². The average molecular weight is 281 g/mol. The van der Waals surface area contributed by atoms with E-state index in [1.54, 1.807) is 12.1 Å². The molecule has 1 aromatic rings. The van der Waals surface area contributed by atoms with E-state index in [9.17, 15) is 13.2 Å². The summed E-state index contributed by atoms with van der Waals surface area (Å²) in [5.41, 5.74) is 1.75. The molecule has 4 heteroatoms. The lowest BCUT2D eigenvalue weighted by Crippen LogP contribution is -2.44. The monoisotopic (exact) mass is 281 g/mol. The molecule has 1 N–H and O–H groups in total. The molecule has 1 aromatic carbocycles. The van der Waals surface area contributed by atoms with Crippen LogP contribution in [-0.2, 0) is 12.6 Å². The highest BCUT2D eigenvalue weighted by molar-refractivity contribution is 5.29. The molecule has 2 aliphatic rings. The Hall–Kier alpha value is -1.29. The molecule has 0 amide bonds. The van der Waals surface area contributed by atoms with Gasteiger partial charge in [-0.15, -0.1) is 0 Å². The minimum absolute atomic E-state index is 0.465. The molecule has 2 heterocycles. The first kappa shape index (κ1) is 13.7. The van der Waals surface area contributed by atoms with Gasteiger partial charge in [-0.2, -0.15) is 13.2 Å². The number of alkyl halides is 3. The molecule has 0 aromatic heterocycles. The second kappa shape index (κ2) is 5.24. The smallest absolute Gasteiger partial charge is 0.307 e. The molecular weight excluding hydrogens is 263 g/mol. The number of hydrogen-bond donors (Lipinski definition) is 1. The molecule has 2 bridgehead atoms. The third-order valence-corrected chi connectivity index (χ3v) is 4.18. The second-order valence-electron chi connectivity index (χ2n) is 5.80. The highest BCUT2D eigenvalue weighted by Gasteiger charge is 2.30. The van der Waals surface area contributed by atoms with E-state index in [0.29, 0.717) is 12.1 Å². The molecule has 0 aliphatic carbocycles. The molecule has 2 atom stereocenters. The number of hydrogen-bond acceptors (Lipinski definition) is 1. The van der Waals surface area contributed by atoms with Gasteiger partial charge in [0.1, 0.15) is 0 Å². The van der Waals surface area contributed by atoms with Crippen molar-refractivity contribution in [2.75, 3.05) is 0 Å². The van der Waals surface area contributed by atoms with E-state index in [-0.39, 0.29) is 0 Å². The molecule has 3 rings (SSSR count). The summed E-state index contributed by atoms with van der Waals surface area (Å²) >= 11 is 0. The Morgan fingerprint density at radius 1 is 1.10 bits per heavy atom. The van der Waals surface area contributed by atoms with E-state index in [1.807, 2.05) is 0 Å². The minimum Gasteiger partial charge on any atom is -0.307 e. The van der Waals surface area contributed by atoms with Gasteiger partial charge in [0.15, 0.2) is 0 Å². The number of rotatable bonds is 2. The fourth-order valence-electron chi connectivity index (χ4n) is 3.22. The number of fused-ring (bicyclic) bond motifs is 2. The first-order chi connectivity index (χ1) is 9.50. The van der Waals surface area contributed by atoms with Gasteiger partial charge in [-0.25, -0.2) is 0 Å². The van der Waals surface area contributed by atoms with Crippen LogP contribution < -0.4 is 5.32 Å². The topological polar surface area (TPSA) is 12.0 Å². The standard InChI is InChI=1S/C16H18F3N/c17-16(18,19)13-6-4-11(5-7-13)8-12-9-14-2-1-3-15(10-12)20-14/h4-7,9,14-15,20H,1-3,8,10H2. The van der Waals surface area contributed by atoms with Crippen LogP contribution in [0, 0.1) is 0 Å². The third kappa shape index (κ3) is 3.06. The zero-order valence-corrected chi connectivity index (χ0v) is 11.2. The van der Waals surface area contributed by atoms with Crippen LogP contribution in [-0.4, -0.2) is 12.1 Å². The molecule has 1 fully saturated rings. The number of nitrogens with one attached hydrogen (secondary N) is 1. The van der Waals surface area contributed by atoms with Gasteiger partial charge in [0.05, 0.1) is 5.56 Å². The molecule has 0 spiro atoms. The first-order valence-corrected chi connectivity index (χ1v) is 7.12. The van der Waals surface area contributed by atoms with Crippen molar-refractivity contribution in [3.8, 4) is 0 Å². The van der Waals surface area contributed by atoms with Gasteiger partial charge in [-0.1, -0.05) is 30.2 Å². The minimum atomic E-state index is -4.25. The maximum absolute atomic E-state index is 12.5. The molecular formula is C16H18F3N. The van der Waals surface area contributed by atoms with Crippen LogP contribution in [0.3, 0.4) is 0 Å². The van der Waals surface area contributed by atoms with Crippen molar-refractivity contribution in [2.24, 2.45) is 0 Å². The Balaban J connectivity index is 1.70. The quantitative estimate of drug-likeness (QED) is 0.805. The average Bonchev–Trinajstić information content (AvgIpc) is 2.38. The van der Waals surface area contributed by atoms with Crippen molar-refractivity contribution in [1.82, 2.24) is 5.32 Å². The van der Waals surface area contributed by atoms with Gasteiger partial charge in [-0.05, 0) is 43.4 Å². The van der Waals surface area contributed by atoms with Crippen LogP contribution in [0.25, 0.3) is 0 Å². The van der Waals surface area contributed by atoms with Crippen LogP contribution in [0.15, 0.2) is 35.9 Å². The van der Waals surface area contributed by atoms with E-state index in [2.05, 4.69) is 11.4 Å². The summed E-state index contributed by atoms with van der Waals surface area (Å²) in [6.45, 7) is 0. The first-order valence-electron chi connectivity index (χ1n) is 7.12. The summed E-state index contributed by atoms with van der Waals surface area (Å²) in [5.74, 6) is 0. The Bertz CT molecular complexity index is 501. The van der Waals surface area contributed by atoms with Crippen LogP contribution in [0.1, 0.15) is 36.8 Å². The summed E-state index contributed by atoms with van der Waals surface area (Å²) < 4.78 is 37.5. The molecule has 1 nitrogen and oxygen atoms in total. The Morgan fingerprint density at radius 2 is 1.85 bits per heavy atom. The van der Waals surface area contributed by atoms with E-state index >= 15 is 0 Å². The van der Waals surface area contributed by atoms with Crippen molar-refractivity contribution in [1.29, 1.82) is 0 Å². The predicted molar refractivity (Wildman–Crippen MR) is 72.4 cm³/mol. The molecule has 108 valence electrons. The lowest BCUT2D eigenvalue weighted by molar-refractivity contribution is -0.137. The van der Waals surface area contributed by atoms with Gasteiger partial charge in [-0.3, -0.25) is 0 Å². The predicted octanol–water partition coefficient (Wildman–Crippen LogP) is 4.09. The summed E-state index contributed by atoms with van der Waals surface area (Å²) in [6.07, 6.45) is 3.47. The summed E-state index contributed by atoms with van der Waals surface area (Å²) in [4.78, 5) is 0. The third-order valence-electron chi connectivity index (χ3n) is 4.18. The number of benzene rings is 1. The molecule has 0 radical (unpaired) electrons. The van der Waals surface area contributed by atoms with Crippen molar-refractivity contribution in [3.63, 3.8) is 0 Å². The lowest BCUT2D eigenvalue weighted by Gasteiger charge is -2.35. The normalized spacial score (nSPS) is 26.2. The maximum atomic E-state index is 12.5. The summed E-state index contributed by atoms with van der Waals surface area (Å²) in [7, 11) is 0. The Morgan fingerprint density at radius 3 is 2.50 bits per heavy atom. The van der Waals surface area contributed by atoms with Gasteiger partial charge < -0.3 is 5.32 Å². The van der Waals surface area contributed by atoms with Gasteiger partial charge in [0, 0.05) is 12.1 Å². The fraction of sp³-hybridized carbons (Fsp3) is 0.500. The Labute approximate surface area is 116 Å². The van der Waals surface area contributed by atoms with Gasteiger partial charge >= 0.3 is 6.18 Å². The Kier molecular flexibility index (Phi) is 3.59. The molecule has 20 heavy (non-hydrogen) atoms. The molecule has 1 saturated heterocycles. The van der Waals surface area contributed by atoms with Gasteiger partial charge in [0.25, 0.3) is 0 Å².